The molecule has 5 heteroatoms. The minimum absolute atomic E-state index is 0.394. The standard InChI is InChI=1S/C13H18N2O3/c1-13(2,3)18-12(16)14-8-10-4-6-11(7-5-10)9-15-17/h4-7,9,17H,8H2,1-3H3,(H,14,16)/b15-9-. The van der Waals surface area contributed by atoms with Crippen LogP contribution in [-0.2, 0) is 11.3 Å². The molecule has 0 aliphatic heterocycles. The summed E-state index contributed by atoms with van der Waals surface area (Å²) in [5, 5.41) is 14.0. The molecular formula is C13H18N2O3. The van der Waals surface area contributed by atoms with Crippen molar-refractivity contribution in [1.82, 2.24) is 5.32 Å². The molecular weight excluding hydrogens is 232 g/mol. The molecule has 5 nitrogen and oxygen atoms in total. The summed E-state index contributed by atoms with van der Waals surface area (Å²) in [6.07, 6.45) is 0.897. The number of carbonyl (C=O) groups is 1. The molecule has 0 aliphatic rings. The van der Waals surface area contributed by atoms with E-state index >= 15 is 0 Å². The third-order valence-electron chi connectivity index (χ3n) is 2.02. The van der Waals surface area contributed by atoms with Gasteiger partial charge in [-0.2, -0.15) is 0 Å². The predicted molar refractivity (Wildman–Crippen MR) is 68.9 cm³/mol. The van der Waals surface area contributed by atoms with Gasteiger partial charge >= 0.3 is 6.09 Å². The van der Waals surface area contributed by atoms with E-state index in [0.717, 1.165) is 11.1 Å². The van der Waals surface area contributed by atoms with Crippen LogP contribution in [-0.4, -0.2) is 23.1 Å². The minimum Gasteiger partial charge on any atom is -0.444 e. The van der Waals surface area contributed by atoms with Crippen molar-refractivity contribution < 1.29 is 14.7 Å². The van der Waals surface area contributed by atoms with E-state index in [2.05, 4.69) is 10.5 Å². The van der Waals surface area contributed by atoms with Crippen LogP contribution in [0.15, 0.2) is 29.4 Å². The second-order valence-corrected chi connectivity index (χ2v) is 4.84. The second kappa shape index (κ2) is 6.05. The lowest BCUT2D eigenvalue weighted by Crippen LogP contribution is -2.32. The first kappa shape index (κ1) is 14.0. The number of amides is 1. The Labute approximate surface area is 106 Å². The van der Waals surface area contributed by atoms with E-state index in [-0.39, 0.29) is 0 Å². The van der Waals surface area contributed by atoms with Gasteiger partial charge in [-0.3, -0.25) is 0 Å². The summed E-state index contributed by atoms with van der Waals surface area (Å²) in [6, 6.07) is 7.28. The monoisotopic (exact) mass is 250 g/mol. The summed E-state index contributed by atoms with van der Waals surface area (Å²) >= 11 is 0. The lowest BCUT2D eigenvalue weighted by atomic mass is 10.1. The number of hydrogen-bond donors (Lipinski definition) is 2. The van der Waals surface area contributed by atoms with Crippen LogP contribution in [0.25, 0.3) is 0 Å². The molecule has 0 saturated heterocycles. The highest BCUT2D eigenvalue weighted by molar-refractivity contribution is 5.79. The molecule has 1 aromatic rings. The van der Waals surface area contributed by atoms with Crippen molar-refractivity contribution in [3.05, 3.63) is 35.4 Å². The average molecular weight is 250 g/mol. The SMILES string of the molecule is CC(C)(C)OC(=O)NCc1ccc(/C=N\O)cc1. The van der Waals surface area contributed by atoms with E-state index in [1.807, 2.05) is 32.9 Å². The van der Waals surface area contributed by atoms with E-state index in [4.69, 9.17) is 9.94 Å². The van der Waals surface area contributed by atoms with Gasteiger partial charge in [0.15, 0.2) is 0 Å². The Morgan fingerprint density at radius 1 is 1.39 bits per heavy atom. The van der Waals surface area contributed by atoms with E-state index in [9.17, 15) is 4.79 Å². The van der Waals surface area contributed by atoms with Crippen LogP contribution >= 0.6 is 0 Å². The molecule has 0 saturated carbocycles. The first-order valence-corrected chi connectivity index (χ1v) is 5.64. The Balaban J connectivity index is 2.46. The molecule has 2 N–H and O–H groups in total. The van der Waals surface area contributed by atoms with Gasteiger partial charge in [0.05, 0.1) is 6.21 Å². The van der Waals surface area contributed by atoms with Crippen molar-refractivity contribution >= 4 is 12.3 Å². The molecule has 0 fully saturated rings. The predicted octanol–water partition coefficient (Wildman–Crippen LogP) is 2.52. The maximum Gasteiger partial charge on any atom is 0.407 e. The summed E-state index contributed by atoms with van der Waals surface area (Å²) < 4.78 is 5.12. The summed E-state index contributed by atoms with van der Waals surface area (Å²) in [5.74, 6) is 0. The molecule has 0 heterocycles. The van der Waals surface area contributed by atoms with Crippen molar-refractivity contribution in [2.24, 2.45) is 5.16 Å². The van der Waals surface area contributed by atoms with E-state index in [1.165, 1.54) is 6.21 Å². The Bertz CT molecular complexity index is 419. The molecule has 98 valence electrons. The number of alkyl carbamates (subject to hydrolysis) is 1. The molecule has 1 amide bonds. The number of rotatable bonds is 3. The lowest BCUT2D eigenvalue weighted by Gasteiger charge is -2.19. The number of nitrogens with zero attached hydrogens (tertiary/aromatic N) is 1. The van der Waals surface area contributed by atoms with Gasteiger partial charge in [0.25, 0.3) is 0 Å². The highest BCUT2D eigenvalue weighted by atomic mass is 16.6. The van der Waals surface area contributed by atoms with Crippen LogP contribution in [0.3, 0.4) is 0 Å². The number of carbonyl (C=O) groups excluding carboxylic acids is 1. The van der Waals surface area contributed by atoms with Crippen LogP contribution in [0.1, 0.15) is 31.9 Å². The van der Waals surface area contributed by atoms with Crippen molar-refractivity contribution in [1.29, 1.82) is 0 Å². The zero-order valence-electron chi connectivity index (χ0n) is 10.8. The van der Waals surface area contributed by atoms with Crippen molar-refractivity contribution in [3.63, 3.8) is 0 Å². The molecule has 0 bridgehead atoms. The Hall–Kier alpha value is -2.04. The van der Waals surface area contributed by atoms with Crippen molar-refractivity contribution in [3.8, 4) is 0 Å². The molecule has 0 aliphatic carbocycles. The van der Waals surface area contributed by atoms with Crippen LogP contribution < -0.4 is 5.32 Å². The normalized spacial score (nSPS) is 11.5. The van der Waals surface area contributed by atoms with Crippen LogP contribution in [0.2, 0.25) is 0 Å². The average Bonchev–Trinajstić information content (AvgIpc) is 2.26. The largest absolute Gasteiger partial charge is 0.444 e. The third-order valence-corrected chi connectivity index (χ3v) is 2.02. The third kappa shape index (κ3) is 5.34. The topological polar surface area (TPSA) is 70.9 Å². The summed E-state index contributed by atoms with van der Waals surface area (Å²) in [5.41, 5.74) is 1.24. The van der Waals surface area contributed by atoms with Crippen LogP contribution in [0, 0.1) is 0 Å². The molecule has 0 spiro atoms. The summed E-state index contributed by atoms with van der Waals surface area (Å²) in [7, 11) is 0. The minimum atomic E-state index is -0.495. The van der Waals surface area contributed by atoms with E-state index in [0.29, 0.717) is 6.54 Å². The Morgan fingerprint density at radius 3 is 2.50 bits per heavy atom. The highest BCUT2D eigenvalue weighted by Gasteiger charge is 2.15. The Morgan fingerprint density at radius 2 is 2.00 bits per heavy atom. The molecule has 0 radical (unpaired) electrons. The molecule has 0 unspecified atom stereocenters. The van der Waals surface area contributed by atoms with Gasteiger partial charge in [-0.05, 0) is 31.9 Å². The number of nitrogens with one attached hydrogen (secondary N) is 1. The fourth-order valence-corrected chi connectivity index (χ4v) is 1.28. The first-order chi connectivity index (χ1) is 8.40. The van der Waals surface area contributed by atoms with E-state index < -0.39 is 11.7 Å². The zero-order valence-corrected chi connectivity index (χ0v) is 10.8. The maximum absolute atomic E-state index is 11.4. The van der Waals surface area contributed by atoms with Crippen molar-refractivity contribution in [2.75, 3.05) is 0 Å². The highest BCUT2D eigenvalue weighted by Crippen LogP contribution is 2.07. The second-order valence-electron chi connectivity index (χ2n) is 4.84. The molecule has 1 rings (SSSR count). The maximum atomic E-state index is 11.4. The lowest BCUT2D eigenvalue weighted by molar-refractivity contribution is 0.0523. The Kier molecular flexibility index (Phi) is 4.71. The molecule has 18 heavy (non-hydrogen) atoms. The van der Waals surface area contributed by atoms with Gasteiger partial charge in [0.1, 0.15) is 5.60 Å². The number of oxime groups is 1. The van der Waals surface area contributed by atoms with Gasteiger partial charge < -0.3 is 15.3 Å². The van der Waals surface area contributed by atoms with Gasteiger partial charge in [0.2, 0.25) is 0 Å². The zero-order chi connectivity index (χ0) is 13.6. The van der Waals surface area contributed by atoms with Gasteiger partial charge in [-0.25, -0.2) is 4.79 Å². The van der Waals surface area contributed by atoms with Crippen molar-refractivity contribution in [2.45, 2.75) is 32.9 Å². The summed E-state index contributed by atoms with van der Waals surface area (Å²) in [6.45, 7) is 5.84. The van der Waals surface area contributed by atoms with Crippen LogP contribution in [0.4, 0.5) is 4.79 Å². The number of ether oxygens (including phenoxy) is 1. The fourth-order valence-electron chi connectivity index (χ4n) is 1.28. The quantitative estimate of drug-likeness (QED) is 0.492. The molecule has 0 atom stereocenters. The number of benzene rings is 1. The fraction of sp³-hybridized carbons (Fsp3) is 0.385. The van der Waals surface area contributed by atoms with Gasteiger partial charge in [0, 0.05) is 6.54 Å². The van der Waals surface area contributed by atoms with E-state index in [1.54, 1.807) is 12.1 Å². The summed E-state index contributed by atoms with van der Waals surface area (Å²) in [4.78, 5) is 11.4. The smallest absolute Gasteiger partial charge is 0.407 e. The molecule has 0 aromatic heterocycles. The van der Waals surface area contributed by atoms with Gasteiger partial charge in [-0.15, -0.1) is 0 Å². The van der Waals surface area contributed by atoms with Crippen LogP contribution in [0.5, 0.6) is 0 Å². The van der Waals surface area contributed by atoms with Gasteiger partial charge in [-0.1, -0.05) is 29.4 Å². The number of hydrogen-bond acceptors (Lipinski definition) is 4. The first-order valence-electron chi connectivity index (χ1n) is 5.64. The molecule has 1 aromatic carbocycles.